The zero-order chi connectivity index (χ0) is 16.4. The third-order valence-electron chi connectivity index (χ3n) is 4.35. The normalized spacial score (nSPS) is 33.0. The van der Waals surface area contributed by atoms with E-state index < -0.39 is 18.7 Å². The molecule has 2 aliphatic rings. The summed E-state index contributed by atoms with van der Waals surface area (Å²) in [5, 5.41) is 9.77. The molecule has 5 atom stereocenters. The lowest BCUT2D eigenvalue weighted by molar-refractivity contribution is -0.200. The van der Waals surface area contributed by atoms with Gasteiger partial charge in [0.15, 0.2) is 12.6 Å². The minimum Gasteiger partial charge on any atom is -0.394 e. The first-order valence-corrected chi connectivity index (χ1v) is 8.14. The van der Waals surface area contributed by atoms with Gasteiger partial charge in [0, 0.05) is 11.1 Å². The van der Waals surface area contributed by atoms with Gasteiger partial charge in [0.05, 0.1) is 13.2 Å². The molecule has 0 bridgehead atoms. The Labute approximate surface area is 140 Å². The number of hydrogen-bond donors (Lipinski definition) is 1. The van der Waals surface area contributed by atoms with Crippen molar-refractivity contribution in [2.24, 2.45) is 0 Å². The van der Waals surface area contributed by atoms with Crippen LogP contribution < -0.4 is 0 Å². The number of aliphatic hydroxyl groups is 1. The van der Waals surface area contributed by atoms with E-state index in [1.54, 1.807) is 0 Å². The van der Waals surface area contributed by atoms with Crippen LogP contribution in [0.4, 0.5) is 0 Å². The molecular weight excluding hydrogens is 308 g/mol. The van der Waals surface area contributed by atoms with Crippen molar-refractivity contribution in [1.29, 1.82) is 0 Å². The Bertz CT molecular complexity index is 647. The van der Waals surface area contributed by atoms with Crippen molar-refractivity contribution < 1.29 is 24.1 Å². The molecule has 2 unspecified atom stereocenters. The zero-order valence-corrected chi connectivity index (χ0v) is 13.2. The Kier molecular flexibility index (Phi) is 4.60. The fraction of sp³-hybridized carbons (Fsp3) is 0.368. The molecule has 0 aromatic heterocycles. The summed E-state index contributed by atoms with van der Waals surface area (Å²) in [6.45, 7) is 0.197. The summed E-state index contributed by atoms with van der Waals surface area (Å²) < 4.78 is 23.9. The van der Waals surface area contributed by atoms with E-state index in [4.69, 9.17) is 18.9 Å². The smallest absolute Gasteiger partial charge is 0.184 e. The Morgan fingerprint density at radius 1 is 0.792 bits per heavy atom. The van der Waals surface area contributed by atoms with Crippen LogP contribution >= 0.6 is 0 Å². The minimum absolute atomic E-state index is 0.154. The van der Waals surface area contributed by atoms with Gasteiger partial charge in [-0.1, -0.05) is 60.7 Å². The highest BCUT2D eigenvalue weighted by Crippen LogP contribution is 2.37. The standard InChI is InChI=1S/C19H20O5/c20-11-15-17-16(23-19(24-17)14-9-5-2-6-10-14)12-21-18(22-15)13-7-3-1-4-8-13/h1-10,15-20H,11-12H2/t15-,16+,17+,18?,19?/m1/s1. The molecule has 2 fully saturated rings. The van der Waals surface area contributed by atoms with Crippen molar-refractivity contribution in [3.63, 3.8) is 0 Å². The summed E-state index contributed by atoms with van der Waals surface area (Å²) in [6.07, 6.45) is -2.14. The zero-order valence-electron chi connectivity index (χ0n) is 13.2. The first kappa shape index (κ1) is 15.7. The van der Waals surface area contributed by atoms with Crippen molar-refractivity contribution in [2.75, 3.05) is 13.2 Å². The van der Waals surface area contributed by atoms with E-state index in [9.17, 15) is 5.11 Å². The molecule has 1 N–H and O–H groups in total. The van der Waals surface area contributed by atoms with Gasteiger partial charge in [0.2, 0.25) is 0 Å². The summed E-state index contributed by atoms with van der Waals surface area (Å²) in [7, 11) is 0. The van der Waals surface area contributed by atoms with Crippen LogP contribution in [0.2, 0.25) is 0 Å². The fourth-order valence-electron chi connectivity index (χ4n) is 3.12. The molecule has 2 aromatic carbocycles. The Balaban J connectivity index is 1.51. The summed E-state index contributed by atoms with van der Waals surface area (Å²) in [4.78, 5) is 0. The van der Waals surface area contributed by atoms with Gasteiger partial charge in [0.25, 0.3) is 0 Å². The molecule has 0 spiro atoms. The lowest BCUT2D eigenvalue weighted by atomic mass is 10.1. The number of ether oxygens (including phenoxy) is 4. The molecule has 126 valence electrons. The molecular formula is C19H20O5. The monoisotopic (exact) mass is 328 g/mol. The van der Waals surface area contributed by atoms with Crippen molar-refractivity contribution in [1.82, 2.24) is 0 Å². The Morgan fingerprint density at radius 2 is 1.42 bits per heavy atom. The lowest BCUT2D eigenvalue weighted by Gasteiger charge is -2.24. The highest BCUT2D eigenvalue weighted by molar-refractivity contribution is 5.18. The maximum atomic E-state index is 9.77. The summed E-state index contributed by atoms with van der Waals surface area (Å²) in [5.74, 6) is 0. The van der Waals surface area contributed by atoms with Crippen molar-refractivity contribution >= 4 is 0 Å². The molecule has 0 aliphatic carbocycles. The Morgan fingerprint density at radius 3 is 2.04 bits per heavy atom. The molecule has 2 saturated heterocycles. The van der Waals surface area contributed by atoms with Crippen molar-refractivity contribution in [3.05, 3.63) is 71.8 Å². The predicted molar refractivity (Wildman–Crippen MR) is 86.0 cm³/mol. The van der Waals surface area contributed by atoms with Gasteiger partial charge in [-0.3, -0.25) is 0 Å². The number of aliphatic hydroxyl groups excluding tert-OH is 1. The van der Waals surface area contributed by atoms with E-state index >= 15 is 0 Å². The van der Waals surface area contributed by atoms with Gasteiger partial charge in [-0.2, -0.15) is 0 Å². The number of rotatable bonds is 3. The summed E-state index contributed by atoms with van der Waals surface area (Å²) in [5.41, 5.74) is 1.86. The molecule has 5 nitrogen and oxygen atoms in total. The van der Waals surface area contributed by atoms with Crippen LogP contribution in [0.5, 0.6) is 0 Å². The molecule has 4 rings (SSSR count). The van der Waals surface area contributed by atoms with Crippen molar-refractivity contribution in [3.8, 4) is 0 Å². The van der Waals surface area contributed by atoms with Crippen LogP contribution in [0.3, 0.4) is 0 Å². The van der Waals surface area contributed by atoms with E-state index in [0.29, 0.717) is 6.61 Å². The molecule has 24 heavy (non-hydrogen) atoms. The van der Waals surface area contributed by atoms with Crippen LogP contribution in [0, 0.1) is 0 Å². The number of benzene rings is 2. The van der Waals surface area contributed by atoms with E-state index in [2.05, 4.69) is 0 Å². The fourth-order valence-corrected chi connectivity index (χ4v) is 3.12. The molecule has 2 heterocycles. The largest absolute Gasteiger partial charge is 0.394 e. The predicted octanol–water partition coefficient (Wildman–Crippen LogP) is 2.58. The SMILES string of the molecule is OC[C@H]1OC(c2ccccc2)OC[C@@H]2OC(c3ccccc3)O[C@H]21. The molecule has 5 heteroatoms. The first-order valence-electron chi connectivity index (χ1n) is 8.14. The average molecular weight is 328 g/mol. The van der Waals surface area contributed by atoms with Crippen LogP contribution in [0.25, 0.3) is 0 Å². The van der Waals surface area contributed by atoms with Gasteiger partial charge in [-0.05, 0) is 0 Å². The van der Waals surface area contributed by atoms with E-state index in [0.717, 1.165) is 11.1 Å². The Hall–Kier alpha value is -1.76. The molecule has 2 aliphatic heterocycles. The quantitative estimate of drug-likeness (QED) is 0.938. The third kappa shape index (κ3) is 3.09. The van der Waals surface area contributed by atoms with Crippen molar-refractivity contribution in [2.45, 2.75) is 30.9 Å². The van der Waals surface area contributed by atoms with E-state index in [1.165, 1.54) is 0 Å². The first-order chi connectivity index (χ1) is 11.8. The number of fused-ring (bicyclic) bond motifs is 1. The lowest BCUT2D eigenvalue weighted by Crippen LogP contribution is -2.38. The summed E-state index contributed by atoms with van der Waals surface area (Å²) in [6, 6.07) is 19.4. The number of hydrogen-bond acceptors (Lipinski definition) is 5. The van der Waals surface area contributed by atoms with E-state index in [1.807, 2.05) is 60.7 Å². The minimum atomic E-state index is -0.531. The van der Waals surface area contributed by atoms with Gasteiger partial charge in [-0.25, -0.2) is 0 Å². The highest BCUT2D eigenvalue weighted by Gasteiger charge is 2.45. The van der Waals surface area contributed by atoms with E-state index in [-0.39, 0.29) is 18.8 Å². The van der Waals surface area contributed by atoms with Crippen LogP contribution in [-0.2, 0) is 18.9 Å². The topological polar surface area (TPSA) is 57.2 Å². The molecule has 0 saturated carbocycles. The highest BCUT2D eigenvalue weighted by atomic mass is 16.8. The maximum Gasteiger partial charge on any atom is 0.184 e. The van der Waals surface area contributed by atoms with Gasteiger partial charge >= 0.3 is 0 Å². The molecule has 2 aromatic rings. The van der Waals surface area contributed by atoms with Crippen LogP contribution in [-0.4, -0.2) is 36.6 Å². The van der Waals surface area contributed by atoms with Gasteiger partial charge in [-0.15, -0.1) is 0 Å². The second-order valence-electron chi connectivity index (χ2n) is 5.95. The maximum absolute atomic E-state index is 9.77. The summed E-state index contributed by atoms with van der Waals surface area (Å²) >= 11 is 0. The van der Waals surface area contributed by atoms with Gasteiger partial charge < -0.3 is 24.1 Å². The molecule has 0 radical (unpaired) electrons. The van der Waals surface area contributed by atoms with Crippen LogP contribution in [0.1, 0.15) is 23.7 Å². The second-order valence-corrected chi connectivity index (χ2v) is 5.95. The average Bonchev–Trinajstić information content (AvgIpc) is 3.00. The second kappa shape index (κ2) is 7.01. The molecule has 0 amide bonds. The van der Waals surface area contributed by atoms with Gasteiger partial charge in [0.1, 0.15) is 18.3 Å². The van der Waals surface area contributed by atoms with Crippen LogP contribution in [0.15, 0.2) is 60.7 Å². The third-order valence-corrected chi connectivity index (χ3v) is 4.35.